The molecule has 0 aliphatic carbocycles. The molecule has 0 saturated heterocycles. The number of hydrogen-bond acceptors (Lipinski definition) is 3. The van der Waals surface area contributed by atoms with Gasteiger partial charge in [0, 0.05) is 6.42 Å². The lowest BCUT2D eigenvalue weighted by Gasteiger charge is -2.18. The van der Waals surface area contributed by atoms with Crippen molar-refractivity contribution in [3.63, 3.8) is 0 Å². The minimum Gasteiger partial charge on any atom is -0.495 e. The second-order valence-corrected chi connectivity index (χ2v) is 4.13. The van der Waals surface area contributed by atoms with Crippen LogP contribution in [0, 0.1) is 0 Å². The number of carboxylic acid groups (broad SMARTS) is 1. The maximum Gasteiger partial charge on any atom is 0.335 e. The minimum absolute atomic E-state index is 0.00789. The molecule has 0 aliphatic heterocycles. The van der Waals surface area contributed by atoms with E-state index in [0.29, 0.717) is 16.3 Å². The Balaban J connectivity index is 2.91. The van der Waals surface area contributed by atoms with Gasteiger partial charge < -0.3 is 14.9 Å². The Kier molecular flexibility index (Phi) is 3.78. The molecule has 0 spiro atoms. The Morgan fingerprint density at radius 2 is 2.19 bits per heavy atom. The molecule has 2 N–H and O–H groups in total. The largest absolute Gasteiger partial charge is 0.495 e. The molecule has 0 heterocycles. The number of hydrogen-bond donors (Lipinski definition) is 2. The van der Waals surface area contributed by atoms with E-state index in [9.17, 15) is 9.90 Å². The van der Waals surface area contributed by atoms with Gasteiger partial charge in [-0.25, -0.2) is 4.79 Å². The van der Waals surface area contributed by atoms with E-state index in [1.54, 1.807) is 18.2 Å². The first kappa shape index (κ1) is 12.8. The molecule has 0 fully saturated rings. The summed E-state index contributed by atoms with van der Waals surface area (Å²) in [6, 6.07) is 4.88. The Morgan fingerprint density at radius 3 is 2.62 bits per heavy atom. The van der Waals surface area contributed by atoms with Crippen LogP contribution in [-0.4, -0.2) is 28.9 Å². The van der Waals surface area contributed by atoms with E-state index in [1.165, 1.54) is 14.0 Å². The zero-order chi connectivity index (χ0) is 12.3. The molecule has 88 valence electrons. The molecule has 1 rings (SSSR count). The molecule has 1 atom stereocenters. The lowest BCUT2D eigenvalue weighted by Crippen LogP contribution is -2.37. The molecule has 0 radical (unpaired) electrons. The second-order valence-electron chi connectivity index (χ2n) is 3.72. The van der Waals surface area contributed by atoms with Crippen molar-refractivity contribution in [1.29, 1.82) is 0 Å². The highest BCUT2D eigenvalue weighted by Gasteiger charge is 2.30. The molecule has 4 nitrogen and oxygen atoms in total. The van der Waals surface area contributed by atoms with Gasteiger partial charge in [-0.15, -0.1) is 0 Å². The fourth-order valence-electron chi connectivity index (χ4n) is 1.29. The van der Waals surface area contributed by atoms with E-state index < -0.39 is 11.6 Å². The smallest absolute Gasteiger partial charge is 0.335 e. The van der Waals surface area contributed by atoms with Crippen LogP contribution < -0.4 is 4.74 Å². The van der Waals surface area contributed by atoms with E-state index in [4.69, 9.17) is 21.4 Å². The van der Waals surface area contributed by atoms with E-state index in [1.807, 2.05) is 0 Å². The minimum atomic E-state index is -1.79. The van der Waals surface area contributed by atoms with Crippen LogP contribution in [0.4, 0.5) is 0 Å². The van der Waals surface area contributed by atoms with E-state index in [0.717, 1.165) is 0 Å². The van der Waals surface area contributed by atoms with Crippen molar-refractivity contribution in [2.75, 3.05) is 7.11 Å². The maximum atomic E-state index is 10.7. The lowest BCUT2D eigenvalue weighted by atomic mass is 9.97. The number of carboxylic acids is 1. The van der Waals surface area contributed by atoms with Crippen molar-refractivity contribution in [3.05, 3.63) is 28.8 Å². The molecule has 0 saturated carbocycles. The van der Waals surface area contributed by atoms with E-state index >= 15 is 0 Å². The Hall–Kier alpha value is -1.26. The third-order valence-corrected chi connectivity index (χ3v) is 2.52. The van der Waals surface area contributed by atoms with Gasteiger partial charge in [0.15, 0.2) is 5.60 Å². The average molecular weight is 245 g/mol. The number of benzene rings is 1. The lowest BCUT2D eigenvalue weighted by molar-refractivity contribution is -0.156. The molecule has 1 aromatic carbocycles. The van der Waals surface area contributed by atoms with Gasteiger partial charge in [0.2, 0.25) is 0 Å². The number of methoxy groups -OCH3 is 1. The molecule has 0 bridgehead atoms. The fourth-order valence-corrected chi connectivity index (χ4v) is 1.57. The van der Waals surface area contributed by atoms with Crippen molar-refractivity contribution in [1.82, 2.24) is 0 Å². The predicted molar refractivity (Wildman–Crippen MR) is 60.0 cm³/mol. The zero-order valence-electron chi connectivity index (χ0n) is 9.03. The van der Waals surface area contributed by atoms with Gasteiger partial charge in [-0.1, -0.05) is 17.7 Å². The van der Waals surface area contributed by atoms with Gasteiger partial charge in [-0.2, -0.15) is 0 Å². The number of rotatable bonds is 4. The third-order valence-electron chi connectivity index (χ3n) is 2.23. The average Bonchev–Trinajstić information content (AvgIpc) is 2.17. The molecule has 0 aliphatic rings. The molecule has 0 aromatic heterocycles. The SMILES string of the molecule is COc1ccc(CC(C)(O)C(=O)O)cc1Cl. The zero-order valence-corrected chi connectivity index (χ0v) is 9.78. The number of halogens is 1. The molecule has 1 aromatic rings. The molecule has 0 amide bonds. The summed E-state index contributed by atoms with van der Waals surface area (Å²) in [6.45, 7) is 1.24. The van der Waals surface area contributed by atoms with Crippen LogP contribution in [0.1, 0.15) is 12.5 Å². The quantitative estimate of drug-likeness (QED) is 0.847. The van der Waals surface area contributed by atoms with Crippen LogP contribution in [0.25, 0.3) is 0 Å². The van der Waals surface area contributed by atoms with Gasteiger partial charge >= 0.3 is 5.97 Å². The Bertz CT molecular complexity index is 401. The van der Waals surface area contributed by atoms with Crippen molar-refractivity contribution < 1.29 is 19.7 Å². The van der Waals surface area contributed by atoms with Gasteiger partial charge in [-0.3, -0.25) is 0 Å². The van der Waals surface area contributed by atoms with Crippen molar-refractivity contribution in [2.45, 2.75) is 18.9 Å². The van der Waals surface area contributed by atoms with Gasteiger partial charge in [0.25, 0.3) is 0 Å². The summed E-state index contributed by atoms with van der Waals surface area (Å²) in [6.07, 6.45) is -0.00789. The van der Waals surface area contributed by atoms with Crippen molar-refractivity contribution in [3.8, 4) is 5.75 Å². The number of carbonyl (C=O) groups is 1. The van der Waals surface area contributed by atoms with Crippen LogP contribution in [0.2, 0.25) is 5.02 Å². The van der Waals surface area contributed by atoms with Gasteiger partial charge in [0.1, 0.15) is 5.75 Å². The first-order valence-corrected chi connectivity index (χ1v) is 5.03. The number of aliphatic carboxylic acids is 1. The van der Waals surface area contributed by atoms with Gasteiger partial charge in [0.05, 0.1) is 12.1 Å². The van der Waals surface area contributed by atoms with Gasteiger partial charge in [-0.05, 0) is 24.6 Å². The third kappa shape index (κ3) is 2.87. The summed E-state index contributed by atoms with van der Waals surface area (Å²) in [4.78, 5) is 10.7. The highest BCUT2D eigenvalue weighted by atomic mass is 35.5. The standard InChI is InChI=1S/C11H13ClO4/c1-11(15,10(13)14)6-7-3-4-9(16-2)8(12)5-7/h3-5,15H,6H2,1-2H3,(H,13,14). The van der Waals surface area contributed by atoms with Crippen LogP contribution in [0.15, 0.2) is 18.2 Å². The summed E-state index contributed by atoms with van der Waals surface area (Å²) in [5.41, 5.74) is -1.16. The van der Waals surface area contributed by atoms with E-state index in [-0.39, 0.29) is 6.42 Å². The first-order valence-electron chi connectivity index (χ1n) is 4.65. The number of ether oxygens (including phenoxy) is 1. The maximum absolute atomic E-state index is 10.7. The van der Waals surface area contributed by atoms with Crippen LogP contribution in [0.3, 0.4) is 0 Å². The molecule has 16 heavy (non-hydrogen) atoms. The summed E-state index contributed by atoms with van der Waals surface area (Å²) in [5.74, 6) is -0.750. The van der Waals surface area contributed by atoms with Crippen molar-refractivity contribution in [2.24, 2.45) is 0 Å². The summed E-state index contributed by atoms with van der Waals surface area (Å²) >= 11 is 5.88. The second kappa shape index (κ2) is 4.72. The van der Waals surface area contributed by atoms with Crippen LogP contribution in [-0.2, 0) is 11.2 Å². The highest BCUT2D eigenvalue weighted by molar-refractivity contribution is 6.32. The summed E-state index contributed by atoms with van der Waals surface area (Å²) in [5, 5.41) is 18.7. The van der Waals surface area contributed by atoms with Crippen LogP contribution in [0.5, 0.6) is 5.75 Å². The Morgan fingerprint density at radius 1 is 1.56 bits per heavy atom. The normalized spacial score (nSPS) is 14.2. The topological polar surface area (TPSA) is 66.8 Å². The van der Waals surface area contributed by atoms with Crippen molar-refractivity contribution >= 4 is 17.6 Å². The molecular weight excluding hydrogens is 232 g/mol. The summed E-state index contributed by atoms with van der Waals surface area (Å²) in [7, 11) is 1.49. The highest BCUT2D eigenvalue weighted by Crippen LogP contribution is 2.26. The number of aliphatic hydroxyl groups is 1. The molecule has 1 unspecified atom stereocenters. The fraction of sp³-hybridized carbons (Fsp3) is 0.364. The molecular formula is C11H13ClO4. The van der Waals surface area contributed by atoms with Crippen LogP contribution >= 0.6 is 11.6 Å². The summed E-state index contributed by atoms with van der Waals surface area (Å²) < 4.78 is 4.97. The molecule has 5 heteroatoms. The Labute approximate surface area is 98.4 Å². The monoisotopic (exact) mass is 244 g/mol. The predicted octanol–water partition coefficient (Wildman–Crippen LogP) is 1.73. The van der Waals surface area contributed by atoms with E-state index in [2.05, 4.69) is 0 Å². The first-order chi connectivity index (χ1) is 7.36.